The summed E-state index contributed by atoms with van der Waals surface area (Å²) in [6.45, 7) is 5.35. The van der Waals surface area contributed by atoms with Crippen molar-refractivity contribution in [2.45, 2.75) is 64.1 Å². The molecular weight excluding hydrogens is 229 g/mol. The van der Waals surface area contributed by atoms with E-state index in [1.807, 2.05) is 0 Å². The Labute approximate surface area is 110 Å². The zero-order valence-electron chi connectivity index (χ0n) is 11.8. The van der Waals surface area contributed by atoms with Crippen LogP contribution < -0.4 is 5.73 Å². The Bertz CT molecular complexity index is 263. The zero-order valence-corrected chi connectivity index (χ0v) is 11.8. The maximum Gasteiger partial charge on any atom is 0.107 e. The molecule has 0 aromatic heterocycles. The van der Waals surface area contributed by atoms with E-state index in [0.29, 0.717) is 12.5 Å². The van der Waals surface area contributed by atoms with E-state index in [1.54, 1.807) is 0 Å². The van der Waals surface area contributed by atoms with E-state index in [9.17, 15) is 4.39 Å². The van der Waals surface area contributed by atoms with Gasteiger partial charge in [-0.25, -0.2) is 4.39 Å². The van der Waals surface area contributed by atoms with Gasteiger partial charge in [0.2, 0.25) is 0 Å². The molecule has 2 nitrogen and oxygen atoms in total. The summed E-state index contributed by atoms with van der Waals surface area (Å²) < 4.78 is 20.7. The van der Waals surface area contributed by atoms with Gasteiger partial charge < -0.3 is 10.5 Å². The highest BCUT2D eigenvalue weighted by Gasteiger charge is 2.43. The largest absolute Gasteiger partial charge is 0.375 e. The minimum atomic E-state index is -0.753. The number of rotatable bonds is 4. The summed E-state index contributed by atoms with van der Waals surface area (Å²) in [5, 5.41) is 0. The topological polar surface area (TPSA) is 35.2 Å². The van der Waals surface area contributed by atoms with Crippen LogP contribution in [0.25, 0.3) is 0 Å². The first-order valence-electron chi connectivity index (χ1n) is 7.56. The lowest BCUT2D eigenvalue weighted by atomic mass is 9.76. The summed E-state index contributed by atoms with van der Waals surface area (Å²) in [5.41, 5.74) is 5.77. The van der Waals surface area contributed by atoms with E-state index in [4.69, 9.17) is 10.5 Å². The number of ether oxygens (including phenoxy) is 1. The number of halogens is 1. The van der Waals surface area contributed by atoms with E-state index in [1.165, 1.54) is 12.8 Å². The first-order chi connectivity index (χ1) is 8.58. The molecule has 1 saturated carbocycles. The lowest BCUT2D eigenvalue weighted by molar-refractivity contribution is -0.110. The van der Waals surface area contributed by atoms with Crippen molar-refractivity contribution >= 4 is 0 Å². The second-order valence-corrected chi connectivity index (χ2v) is 6.58. The number of alkyl halides is 1. The molecule has 106 valence electrons. The quantitative estimate of drug-likeness (QED) is 0.838. The van der Waals surface area contributed by atoms with Gasteiger partial charge in [0.1, 0.15) is 6.17 Å². The van der Waals surface area contributed by atoms with Crippen LogP contribution in [0.1, 0.15) is 52.4 Å². The Balaban J connectivity index is 1.99. The first-order valence-corrected chi connectivity index (χ1v) is 7.56. The monoisotopic (exact) mass is 257 g/mol. The molecule has 1 aliphatic carbocycles. The van der Waals surface area contributed by atoms with Gasteiger partial charge in [-0.2, -0.15) is 0 Å². The summed E-state index contributed by atoms with van der Waals surface area (Å²) in [4.78, 5) is 0. The summed E-state index contributed by atoms with van der Waals surface area (Å²) in [6, 6.07) is 0. The van der Waals surface area contributed by atoms with Crippen molar-refractivity contribution in [2.75, 3.05) is 13.2 Å². The van der Waals surface area contributed by atoms with Gasteiger partial charge in [0, 0.05) is 12.5 Å². The van der Waals surface area contributed by atoms with Gasteiger partial charge in [0.25, 0.3) is 0 Å². The second-order valence-electron chi connectivity index (χ2n) is 6.58. The maximum absolute atomic E-state index is 14.7. The van der Waals surface area contributed by atoms with Crippen LogP contribution in [0.4, 0.5) is 4.39 Å². The molecule has 0 aromatic rings. The van der Waals surface area contributed by atoms with Gasteiger partial charge in [-0.1, -0.05) is 26.7 Å². The van der Waals surface area contributed by atoms with Gasteiger partial charge in [0.05, 0.1) is 5.60 Å². The molecule has 1 aliphatic heterocycles. The van der Waals surface area contributed by atoms with Crippen molar-refractivity contribution in [2.24, 2.45) is 23.5 Å². The molecule has 3 unspecified atom stereocenters. The van der Waals surface area contributed by atoms with Crippen LogP contribution in [-0.2, 0) is 4.74 Å². The van der Waals surface area contributed by atoms with Gasteiger partial charge in [0.15, 0.2) is 0 Å². The summed E-state index contributed by atoms with van der Waals surface area (Å²) in [5.74, 6) is 0.492. The van der Waals surface area contributed by atoms with E-state index < -0.39 is 6.17 Å². The minimum absolute atomic E-state index is 0.00607. The van der Waals surface area contributed by atoms with Gasteiger partial charge >= 0.3 is 0 Å². The smallest absolute Gasteiger partial charge is 0.107 e. The van der Waals surface area contributed by atoms with Crippen LogP contribution in [0.5, 0.6) is 0 Å². The molecule has 2 rings (SSSR count). The van der Waals surface area contributed by atoms with E-state index in [2.05, 4.69) is 13.8 Å². The highest BCUT2D eigenvalue weighted by Crippen LogP contribution is 2.44. The average molecular weight is 257 g/mol. The second kappa shape index (κ2) is 5.87. The molecule has 0 aromatic carbocycles. The van der Waals surface area contributed by atoms with E-state index in [0.717, 1.165) is 32.3 Å². The first kappa shape index (κ1) is 14.3. The minimum Gasteiger partial charge on any atom is -0.375 e. The number of nitrogens with two attached hydrogens (primary N) is 1. The van der Waals surface area contributed by atoms with Crippen molar-refractivity contribution in [3.63, 3.8) is 0 Å². The van der Waals surface area contributed by atoms with Gasteiger partial charge in [-0.05, 0) is 44.1 Å². The summed E-state index contributed by atoms with van der Waals surface area (Å²) >= 11 is 0. The summed E-state index contributed by atoms with van der Waals surface area (Å²) in [6.07, 6.45) is 5.78. The van der Waals surface area contributed by atoms with Crippen molar-refractivity contribution in [3.8, 4) is 0 Å². The van der Waals surface area contributed by atoms with Crippen LogP contribution in [0.2, 0.25) is 0 Å². The third kappa shape index (κ3) is 2.88. The molecule has 2 N–H and O–H groups in total. The zero-order chi connectivity index (χ0) is 13.2. The number of hydrogen-bond acceptors (Lipinski definition) is 2. The predicted molar refractivity (Wildman–Crippen MR) is 72.2 cm³/mol. The van der Waals surface area contributed by atoms with Gasteiger partial charge in [-0.3, -0.25) is 0 Å². The lowest BCUT2D eigenvalue weighted by Crippen LogP contribution is -2.44. The fourth-order valence-electron chi connectivity index (χ4n) is 3.82. The van der Waals surface area contributed by atoms with Crippen molar-refractivity contribution < 1.29 is 9.13 Å². The van der Waals surface area contributed by atoms with Gasteiger partial charge in [-0.15, -0.1) is 0 Å². The highest BCUT2D eigenvalue weighted by atomic mass is 19.1. The molecule has 3 heteroatoms. The molecule has 0 amide bonds. The molecule has 0 bridgehead atoms. The van der Waals surface area contributed by atoms with E-state index >= 15 is 0 Å². The average Bonchev–Trinajstić information content (AvgIpc) is 2.77. The third-order valence-corrected chi connectivity index (χ3v) is 5.03. The molecule has 3 atom stereocenters. The Morgan fingerprint density at radius 2 is 2.00 bits per heavy atom. The molecule has 18 heavy (non-hydrogen) atoms. The van der Waals surface area contributed by atoms with Crippen LogP contribution in [0.15, 0.2) is 0 Å². The Kier molecular flexibility index (Phi) is 4.65. The molecule has 1 heterocycles. The third-order valence-electron chi connectivity index (χ3n) is 5.03. The maximum atomic E-state index is 14.7. The van der Waals surface area contributed by atoms with E-state index in [-0.39, 0.29) is 17.4 Å². The standard InChI is InChI=1S/C15H28FNO/c1-11(2)13(10-17)14(16)12-5-8-18-15(9-12)6-3-4-7-15/h11-14H,3-10,17H2,1-2H3. The summed E-state index contributed by atoms with van der Waals surface area (Å²) in [7, 11) is 0. The van der Waals surface area contributed by atoms with Crippen molar-refractivity contribution in [1.29, 1.82) is 0 Å². The highest BCUT2D eigenvalue weighted by molar-refractivity contribution is 4.94. The number of hydrogen-bond donors (Lipinski definition) is 1. The van der Waals surface area contributed by atoms with Crippen LogP contribution in [0, 0.1) is 17.8 Å². The lowest BCUT2D eigenvalue weighted by Gasteiger charge is -2.41. The van der Waals surface area contributed by atoms with Crippen LogP contribution in [-0.4, -0.2) is 24.9 Å². The molecule has 1 spiro atoms. The molecule has 2 aliphatic rings. The van der Waals surface area contributed by atoms with Crippen LogP contribution in [0.3, 0.4) is 0 Å². The fourth-order valence-corrected chi connectivity index (χ4v) is 3.82. The SMILES string of the molecule is CC(C)C(CN)C(F)C1CCOC2(CCCC2)C1. The molecule has 0 radical (unpaired) electrons. The molecular formula is C15H28FNO. The Hall–Kier alpha value is -0.150. The predicted octanol–water partition coefficient (Wildman–Crippen LogP) is 3.29. The van der Waals surface area contributed by atoms with Crippen molar-refractivity contribution in [3.05, 3.63) is 0 Å². The molecule has 2 fully saturated rings. The molecule has 1 saturated heterocycles. The Morgan fingerprint density at radius 1 is 1.33 bits per heavy atom. The van der Waals surface area contributed by atoms with Crippen LogP contribution >= 0.6 is 0 Å². The van der Waals surface area contributed by atoms with Crippen molar-refractivity contribution in [1.82, 2.24) is 0 Å². The normalized spacial score (nSPS) is 30.8. The fraction of sp³-hybridized carbons (Fsp3) is 1.00. The Morgan fingerprint density at radius 3 is 2.56 bits per heavy atom.